The minimum atomic E-state index is -4.35. The first kappa shape index (κ1) is 19.3. The predicted molar refractivity (Wildman–Crippen MR) is 91.3 cm³/mol. The first-order valence-corrected chi connectivity index (χ1v) is 7.67. The van der Waals surface area contributed by atoms with E-state index in [4.69, 9.17) is 0 Å². The fraction of sp³-hybridized carbons (Fsp3) is 0.278. The maximum atomic E-state index is 12.5. The zero-order valence-corrected chi connectivity index (χ0v) is 14.1. The quantitative estimate of drug-likeness (QED) is 0.868. The van der Waals surface area contributed by atoms with Crippen LogP contribution < -0.4 is 10.6 Å². The number of halogens is 4. The standard InChI is InChI=1S/C18H17F3N2O.ClH/c19-18(20,21)15-7-5-12(6-8-15)10-23-17(24)16-9-13-3-1-2-4-14(13)11-22-16;/h1-8,16,22H,9-11H2,(H,23,24);1H. The lowest BCUT2D eigenvalue weighted by molar-refractivity contribution is -0.137. The lowest BCUT2D eigenvalue weighted by Crippen LogP contribution is -2.47. The van der Waals surface area contributed by atoms with Crippen LogP contribution >= 0.6 is 12.4 Å². The zero-order valence-electron chi connectivity index (χ0n) is 13.3. The number of carbonyl (C=O) groups is 1. The van der Waals surface area contributed by atoms with Crippen LogP contribution in [0.15, 0.2) is 48.5 Å². The molecular weight excluding hydrogens is 353 g/mol. The van der Waals surface area contributed by atoms with E-state index in [0.717, 1.165) is 17.7 Å². The third-order valence-electron chi connectivity index (χ3n) is 4.15. The van der Waals surface area contributed by atoms with E-state index in [2.05, 4.69) is 10.6 Å². The third kappa shape index (κ3) is 4.74. The highest BCUT2D eigenvalue weighted by Gasteiger charge is 2.30. The molecule has 1 unspecified atom stereocenters. The van der Waals surface area contributed by atoms with E-state index in [9.17, 15) is 18.0 Å². The summed E-state index contributed by atoms with van der Waals surface area (Å²) in [6.07, 6.45) is -3.74. The molecule has 1 heterocycles. The summed E-state index contributed by atoms with van der Waals surface area (Å²) in [7, 11) is 0. The third-order valence-corrected chi connectivity index (χ3v) is 4.15. The minimum absolute atomic E-state index is 0. The second-order valence-corrected chi connectivity index (χ2v) is 5.82. The Labute approximate surface area is 150 Å². The molecule has 1 atom stereocenters. The molecule has 0 aromatic heterocycles. The van der Waals surface area contributed by atoms with Crippen LogP contribution in [0, 0.1) is 0 Å². The van der Waals surface area contributed by atoms with Crippen LogP contribution in [0.5, 0.6) is 0 Å². The molecular formula is C18H18ClF3N2O. The van der Waals surface area contributed by atoms with Crippen LogP contribution in [0.2, 0.25) is 0 Å². The molecule has 0 saturated carbocycles. The van der Waals surface area contributed by atoms with Crippen molar-refractivity contribution in [2.75, 3.05) is 0 Å². The Balaban J connectivity index is 0.00000225. The van der Waals surface area contributed by atoms with Crippen molar-refractivity contribution >= 4 is 18.3 Å². The van der Waals surface area contributed by atoms with Crippen molar-refractivity contribution in [3.8, 4) is 0 Å². The highest BCUT2D eigenvalue weighted by molar-refractivity contribution is 5.85. The Kier molecular flexibility index (Phi) is 6.08. The molecule has 0 bridgehead atoms. The van der Waals surface area contributed by atoms with Gasteiger partial charge in [0.1, 0.15) is 0 Å². The van der Waals surface area contributed by atoms with E-state index in [1.54, 1.807) is 0 Å². The molecule has 25 heavy (non-hydrogen) atoms. The van der Waals surface area contributed by atoms with E-state index >= 15 is 0 Å². The largest absolute Gasteiger partial charge is 0.416 e. The van der Waals surface area contributed by atoms with Crippen LogP contribution in [0.3, 0.4) is 0 Å². The summed E-state index contributed by atoms with van der Waals surface area (Å²) in [5.74, 6) is -0.149. The molecule has 3 nitrogen and oxygen atoms in total. The number of hydrogen-bond acceptors (Lipinski definition) is 2. The first-order valence-electron chi connectivity index (χ1n) is 7.67. The average Bonchev–Trinajstić information content (AvgIpc) is 2.59. The fourth-order valence-electron chi connectivity index (χ4n) is 2.76. The summed E-state index contributed by atoms with van der Waals surface area (Å²) >= 11 is 0. The lowest BCUT2D eigenvalue weighted by atomic mass is 9.95. The van der Waals surface area contributed by atoms with Crippen molar-refractivity contribution in [2.45, 2.75) is 31.7 Å². The summed E-state index contributed by atoms with van der Waals surface area (Å²) in [6.45, 7) is 0.839. The van der Waals surface area contributed by atoms with Crippen molar-refractivity contribution in [1.29, 1.82) is 0 Å². The molecule has 1 amide bonds. The van der Waals surface area contributed by atoms with E-state index < -0.39 is 11.7 Å². The molecule has 0 aliphatic carbocycles. The van der Waals surface area contributed by atoms with Gasteiger partial charge in [0.2, 0.25) is 5.91 Å². The number of alkyl halides is 3. The molecule has 0 saturated heterocycles. The molecule has 1 aliphatic heterocycles. The number of benzene rings is 2. The van der Waals surface area contributed by atoms with Crippen molar-refractivity contribution < 1.29 is 18.0 Å². The van der Waals surface area contributed by atoms with Crippen LogP contribution in [-0.4, -0.2) is 11.9 Å². The average molecular weight is 371 g/mol. The molecule has 2 aromatic carbocycles. The Bertz CT molecular complexity index is 732. The van der Waals surface area contributed by atoms with Gasteiger partial charge in [-0.2, -0.15) is 13.2 Å². The molecule has 0 radical (unpaired) electrons. The Hall–Kier alpha value is -2.05. The lowest BCUT2D eigenvalue weighted by Gasteiger charge is -2.25. The summed E-state index contributed by atoms with van der Waals surface area (Å²) in [5.41, 5.74) is 2.27. The highest BCUT2D eigenvalue weighted by atomic mass is 35.5. The van der Waals surface area contributed by atoms with Gasteiger partial charge in [-0.05, 0) is 35.2 Å². The van der Waals surface area contributed by atoms with Gasteiger partial charge >= 0.3 is 6.18 Å². The Morgan fingerprint density at radius 3 is 2.36 bits per heavy atom. The van der Waals surface area contributed by atoms with Gasteiger partial charge in [0.15, 0.2) is 0 Å². The fourth-order valence-corrected chi connectivity index (χ4v) is 2.76. The van der Waals surface area contributed by atoms with Crippen LogP contribution in [0.4, 0.5) is 13.2 Å². The van der Waals surface area contributed by atoms with Gasteiger partial charge in [0, 0.05) is 13.1 Å². The first-order chi connectivity index (χ1) is 11.4. The van der Waals surface area contributed by atoms with Crippen LogP contribution in [-0.2, 0) is 30.5 Å². The van der Waals surface area contributed by atoms with E-state index in [1.165, 1.54) is 17.7 Å². The number of carbonyl (C=O) groups excluding carboxylic acids is 1. The topological polar surface area (TPSA) is 41.1 Å². The van der Waals surface area contributed by atoms with Crippen molar-refractivity contribution in [2.24, 2.45) is 0 Å². The smallest absolute Gasteiger partial charge is 0.351 e. The number of amides is 1. The van der Waals surface area contributed by atoms with Gasteiger partial charge in [0.05, 0.1) is 11.6 Å². The maximum absolute atomic E-state index is 12.5. The molecule has 2 aromatic rings. The molecule has 2 N–H and O–H groups in total. The van der Waals surface area contributed by atoms with Gasteiger partial charge < -0.3 is 10.6 Å². The number of nitrogens with one attached hydrogen (secondary N) is 2. The molecule has 0 spiro atoms. The summed E-state index contributed by atoms with van der Waals surface area (Å²) in [6, 6.07) is 12.4. The van der Waals surface area contributed by atoms with Crippen molar-refractivity contribution in [3.63, 3.8) is 0 Å². The monoisotopic (exact) mass is 370 g/mol. The molecule has 7 heteroatoms. The van der Waals surface area contributed by atoms with Crippen molar-refractivity contribution in [1.82, 2.24) is 10.6 Å². The second-order valence-electron chi connectivity index (χ2n) is 5.82. The van der Waals surface area contributed by atoms with Crippen molar-refractivity contribution in [3.05, 3.63) is 70.8 Å². The second kappa shape index (κ2) is 7.89. The minimum Gasteiger partial charge on any atom is -0.351 e. The molecule has 3 rings (SSSR count). The predicted octanol–water partition coefficient (Wildman–Crippen LogP) is 3.46. The highest BCUT2D eigenvalue weighted by Crippen LogP contribution is 2.29. The Morgan fingerprint density at radius 1 is 1.08 bits per heavy atom. The summed E-state index contributed by atoms with van der Waals surface area (Å²) in [5, 5.41) is 5.95. The maximum Gasteiger partial charge on any atom is 0.416 e. The number of hydrogen-bond donors (Lipinski definition) is 2. The van der Waals surface area contributed by atoms with Gasteiger partial charge in [0.25, 0.3) is 0 Å². The SMILES string of the molecule is Cl.O=C(NCc1ccc(C(F)(F)F)cc1)C1Cc2ccccc2CN1. The zero-order chi connectivity index (χ0) is 17.2. The molecule has 134 valence electrons. The van der Waals surface area contributed by atoms with Gasteiger partial charge in [-0.1, -0.05) is 36.4 Å². The van der Waals surface area contributed by atoms with Crippen LogP contribution in [0.1, 0.15) is 22.3 Å². The molecule has 0 fully saturated rings. The van der Waals surface area contributed by atoms with Gasteiger partial charge in [-0.25, -0.2) is 0 Å². The summed E-state index contributed by atoms with van der Waals surface area (Å²) < 4.78 is 37.6. The number of rotatable bonds is 3. The Morgan fingerprint density at radius 2 is 1.72 bits per heavy atom. The molecule has 1 aliphatic rings. The van der Waals surface area contributed by atoms with E-state index in [0.29, 0.717) is 18.5 Å². The normalized spacial score (nSPS) is 16.5. The van der Waals surface area contributed by atoms with Crippen LogP contribution in [0.25, 0.3) is 0 Å². The number of fused-ring (bicyclic) bond motifs is 1. The van der Waals surface area contributed by atoms with Gasteiger partial charge in [-0.15, -0.1) is 12.4 Å². The van der Waals surface area contributed by atoms with E-state index in [1.807, 2.05) is 24.3 Å². The van der Waals surface area contributed by atoms with Gasteiger partial charge in [-0.3, -0.25) is 4.79 Å². The van der Waals surface area contributed by atoms with E-state index in [-0.39, 0.29) is 30.9 Å². The summed E-state index contributed by atoms with van der Waals surface area (Å²) in [4.78, 5) is 12.3.